The first-order valence-corrected chi connectivity index (χ1v) is 7.16. The Kier molecular flexibility index (Phi) is 4.78. The fraction of sp³-hybridized carbons (Fsp3) is 0.467. The van der Waals surface area contributed by atoms with Crippen LogP contribution in [-0.4, -0.2) is 36.2 Å². The maximum Gasteiger partial charge on any atom is 0.220 e. The van der Waals surface area contributed by atoms with Crippen LogP contribution in [0.2, 0.25) is 5.02 Å². The Bertz CT molecular complexity index is 523. The van der Waals surface area contributed by atoms with Gasteiger partial charge in [0.25, 0.3) is 0 Å². The van der Waals surface area contributed by atoms with Gasteiger partial charge in [-0.05, 0) is 56.6 Å². The third kappa shape index (κ3) is 3.58. The monoisotopic (exact) mass is 294 g/mol. The predicted octanol–water partition coefficient (Wildman–Crippen LogP) is 2.03. The van der Waals surface area contributed by atoms with Gasteiger partial charge in [-0.25, -0.2) is 0 Å². The van der Waals surface area contributed by atoms with Gasteiger partial charge in [-0.1, -0.05) is 11.6 Å². The number of hydrogen-bond donors (Lipinski definition) is 1. The molecular weight excluding hydrogens is 276 g/mol. The Hall–Kier alpha value is -1.39. The number of carbonyl (C=O) groups excluding carboxylic acids is 2. The van der Waals surface area contributed by atoms with Crippen LogP contribution in [0.25, 0.3) is 0 Å². The van der Waals surface area contributed by atoms with Crippen LogP contribution in [0.1, 0.15) is 28.8 Å². The maximum absolute atomic E-state index is 12.2. The molecule has 0 radical (unpaired) electrons. The molecule has 2 rings (SSSR count). The van der Waals surface area contributed by atoms with E-state index in [2.05, 4.69) is 4.90 Å². The van der Waals surface area contributed by atoms with E-state index in [0.29, 0.717) is 17.1 Å². The summed E-state index contributed by atoms with van der Waals surface area (Å²) in [6, 6.07) is 5.33. The average Bonchev–Trinajstić information content (AvgIpc) is 2.42. The molecule has 1 aromatic carbocycles. The van der Waals surface area contributed by atoms with Crippen LogP contribution in [0, 0.1) is 12.8 Å². The fourth-order valence-electron chi connectivity index (χ4n) is 2.49. The van der Waals surface area contributed by atoms with Crippen molar-refractivity contribution in [3.05, 3.63) is 34.3 Å². The molecule has 0 unspecified atom stereocenters. The van der Waals surface area contributed by atoms with E-state index in [4.69, 9.17) is 17.3 Å². The van der Waals surface area contributed by atoms with Gasteiger partial charge in [0.1, 0.15) is 0 Å². The number of amides is 1. The minimum atomic E-state index is -0.232. The van der Waals surface area contributed by atoms with Gasteiger partial charge in [0, 0.05) is 16.5 Å². The second kappa shape index (κ2) is 6.37. The summed E-state index contributed by atoms with van der Waals surface area (Å²) in [5.41, 5.74) is 6.89. The zero-order valence-corrected chi connectivity index (χ0v) is 12.3. The molecule has 1 heterocycles. The van der Waals surface area contributed by atoms with E-state index in [9.17, 15) is 9.59 Å². The lowest BCUT2D eigenvalue weighted by atomic mass is 9.96. The van der Waals surface area contributed by atoms with Crippen molar-refractivity contribution in [3.8, 4) is 0 Å². The number of rotatable bonds is 4. The van der Waals surface area contributed by atoms with Crippen LogP contribution in [-0.2, 0) is 4.79 Å². The third-order valence-electron chi connectivity index (χ3n) is 3.84. The highest BCUT2D eigenvalue weighted by molar-refractivity contribution is 6.31. The Labute approximate surface area is 123 Å². The first kappa shape index (κ1) is 15.0. The van der Waals surface area contributed by atoms with Crippen molar-refractivity contribution >= 4 is 23.3 Å². The zero-order chi connectivity index (χ0) is 14.7. The molecule has 0 saturated carbocycles. The Balaban J connectivity index is 1.92. The van der Waals surface area contributed by atoms with Gasteiger partial charge in [-0.15, -0.1) is 0 Å². The van der Waals surface area contributed by atoms with Crippen molar-refractivity contribution in [2.24, 2.45) is 11.7 Å². The number of benzene rings is 1. The number of nitrogens with two attached hydrogens (primary N) is 1. The molecule has 1 saturated heterocycles. The summed E-state index contributed by atoms with van der Waals surface area (Å²) in [4.78, 5) is 25.4. The molecule has 5 heteroatoms. The summed E-state index contributed by atoms with van der Waals surface area (Å²) in [6.45, 7) is 3.75. The molecule has 0 spiro atoms. The van der Waals surface area contributed by atoms with Crippen LogP contribution in [0.4, 0.5) is 0 Å². The summed E-state index contributed by atoms with van der Waals surface area (Å²) >= 11 is 5.96. The van der Waals surface area contributed by atoms with E-state index in [0.717, 1.165) is 31.5 Å². The van der Waals surface area contributed by atoms with Gasteiger partial charge in [0.15, 0.2) is 5.78 Å². The van der Waals surface area contributed by atoms with Gasteiger partial charge in [0.05, 0.1) is 6.54 Å². The van der Waals surface area contributed by atoms with Crippen LogP contribution >= 0.6 is 11.6 Å². The molecule has 1 amide bonds. The first-order chi connectivity index (χ1) is 9.47. The van der Waals surface area contributed by atoms with Gasteiger partial charge >= 0.3 is 0 Å². The highest BCUT2D eigenvalue weighted by Crippen LogP contribution is 2.19. The summed E-state index contributed by atoms with van der Waals surface area (Å²) in [5.74, 6) is -0.189. The van der Waals surface area contributed by atoms with Crippen molar-refractivity contribution in [1.82, 2.24) is 4.90 Å². The molecule has 1 fully saturated rings. The Morgan fingerprint density at radius 2 is 2.00 bits per heavy atom. The van der Waals surface area contributed by atoms with E-state index in [1.54, 1.807) is 12.1 Å². The Morgan fingerprint density at radius 3 is 2.55 bits per heavy atom. The number of piperidine rings is 1. The third-order valence-corrected chi connectivity index (χ3v) is 4.26. The zero-order valence-electron chi connectivity index (χ0n) is 11.6. The van der Waals surface area contributed by atoms with E-state index < -0.39 is 0 Å². The molecule has 0 aromatic heterocycles. The van der Waals surface area contributed by atoms with Crippen molar-refractivity contribution in [1.29, 1.82) is 0 Å². The number of likely N-dealkylation sites (tertiary alicyclic amines) is 1. The molecule has 4 nitrogen and oxygen atoms in total. The van der Waals surface area contributed by atoms with Crippen LogP contribution in [0.5, 0.6) is 0 Å². The molecule has 20 heavy (non-hydrogen) atoms. The van der Waals surface area contributed by atoms with Gasteiger partial charge in [-0.3, -0.25) is 14.5 Å². The van der Waals surface area contributed by atoms with Crippen LogP contribution in [0.3, 0.4) is 0 Å². The number of nitrogens with zero attached hydrogens (tertiary/aromatic N) is 1. The van der Waals surface area contributed by atoms with E-state index in [1.165, 1.54) is 0 Å². The van der Waals surface area contributed by atoms with Gasteiger partial charge < -0.3 is 5.73 Å². The summed E-state index contributed by atoms with van der Waals surface area (Å²) in [5, 5.41) is 0.670. The normalized spacial score (nSPS) is 17.1. The number of ketones is 1. The standard InChI is InChI=1S/C15H19ClN2O2/c1-10-8-12(2-3-13(10)16)14(19)9-18-6-4-11(5-7-18)15(17)20/h2-3,8,11H,4-7,9H2,1H3,(H2,17,20). The van der Waals surface area contributed by atoms with Crippen LogP contribution in [0.15, 0.2) is 18.2 Å². The van der Waals surface area contributed by atoms with E-state index >= 15 is 0 Å². The Morgan fingerprint density at radius 1 is 1.35 bits per heavy atom. The van der Waals surface area contributed by atoms with Crippen molar-refractivity contribution < 1.29 is 9.59 Å². The second-order valence-electron chi connectivity index (χ2n) is 5.34. The van der Waals surface area contributed by atoms with Crippen molar-refractivity contribution in [2.45, 2.75) is 19.8 Å². The number of primary amides is 1. The largest absolute Gasteiger partial charge is 0.369 e. The molecule has 1 aliphatic heterocycles. The molecule has 0 bridgehead atoms. The highest BCUT2D eigenvalue weighted by Gasteiger charge is 2.24. The minimum absolute atomic E-state index is 0.0425. The molecule has 1 aliphatic rings. The quantitative estimate of drug-likeness (QED) is 0.864. The summed E-state index contributed by atoms with van der Waals surface area (Å²) < 4.78 is 0. The van der Waals surface area contributed by atoms with E-state index in [1.807, 2.05) is 13.0 Å². The average molecular weight is 295 g/mol. The molecule has 0 aliphatic carbocycles. The van der Waals surface area contributed by atoms with Crippen LogP contribution < -0.4 is 5.73 Å². The lowest BCUT2D eigenvalue weighted by molar-refractivity contribution is -0.123. The predicted molar refractivity (Wildman–Crippen MR) is 78.9 cm³/mol. The summed E-state index contributed by atoms with van der Waals surface area (Å²) in [7, 11) is 0. The maximum atomic E-state index is 12.2. The summed E-state index contributed by atoms with van der Waals surface area (Å²) in [6.07, 6.45) is 1.48. The van der Waals surface area contributed by atoms with Crippen molar-refractivity contribution in [2.75, 3.05) is 19.6 Å². The highest BCUT2D eigenvalue weighted by atomic mass is 35.5. The van der Waals surface area contributed by atoms with Gasteiger partial charge in [-0.2, -0.15) is 0 Å². The van der Waals surface area contributed by atoms with E-state index in [-0.39, 0.29) is 17.6 Å². The SMILES string of the molecule is Cc1cc(C(=O)CN2CCC(C(N)=O)CC2)ccc1Cl. The van der Waals surface area contributed by atoms with Gasteiger partial charge in [0.2, 0.25) is 5.91 Å². The molecule has 2 N–H and O–H groups in total. The number of aryl methyl sites for hydroxylation is 1. The smallest absolute Gasteiger partial charge is 0.220 e. The number of halogens is 1. The number of carbonyl (C=O) groups is 2. The minimum Gasteiger partial charge on any atom is -0.369 e. The molecule has 1 aromatic rings. The molecular formula is C15H19ClN2O2. The topological polar surface area (TPSA) is 63.4 Å². The van der Waals surface area contributed by atoms with Crippen molar-refractivity contribution in [3.63, 3.8) is 0 Å². The lowest BCUT2D eigenvalue weighted by Crippen LogP contribution is -2.40. The number of hydrogen-bond acceptors (Lipinski definition) is 3. The lowest BCUT2D eigenvalue weighted by Gasteiger charge is -2.29. The fourth-order valence-corrected chi connectivity index (χ4v) is 2.61. The molecule has 108 valence electrons. The molecule has 0 atom stereocenters. The number of Topliss-reactive ketones (excluding diaryl/α,β-unsaturated/α-hetero) is 1. The first-order valence-electron chi connectivity index (χ1n) is 6.78. The second-order valence-corrected chi connectivity index (χ2v) is 5.75.